The molecule has 4 aliphatic rings. The number of hydrogen-bond acceptors (Lipinski definition) is 13. The number of benzene rings is 4. The van der Waals surface area contributed by atoms with Gasteiger partial charge >= 0.3 is 0 Å². The number of likely N-dealkylation sites (N-methyl/N-ethyl adjacent to an activating group) is 1. The van der Waals surface area contributed by atoms with Gasteiger partial charge in [0.1, 0.15) is 48.2 Å². The lowest BCUT2D eigenvalue weighted by Crippen LogP contribution is -2.45. The quantitative estimate of drug-likeness (QED) is 0.0951. The number of nitrogens with zero attached hydrogens (tertiary/aromatic N) is 4. The summed E-state index contributed by atoms with van der Waals surface area (Å²) in [5.74, 6) is 1.43. The maximum atomic E-state index is 12.9. The van der Waals surface area contributed by atoms with E-state index in [2.05, 4.69) is 48.9 Å². The van der Waals surface area contributed by atoms with Gasteiger partial charge < -0.3 is 38.9 Å². The second kappa shape index (κ2) is 19.8. The van der Waals surface area contributed by atoms with E-state index in [0.29, 0.717) is 55.1 Å². The molecule has 15 nitrogen and oxygen atoms in total. The van der Waals surface area contributed by atoms with Gasteiger partial charge in [0.2, 0.25) is 0 Å². The van der Waals surface area contributed by atoms with Crippen molar-refractivity contribution in [3.8, 4) is 33.8 Å². The van der Waals surface area contributed by atoms with E-state index < -0.39 is 19.7 Å². The van der Waals surface area contributed by atoms with Crippen LogP contribution < -0.4 is 9.47 Å². The summed E-state index contributed by atoms with van der Waals surface area (Å²) in [7, 11) is -4.49. The second-order valence-corrected chi connectivity index (χ2v) is 24.2. The molecule has 0 amide bonds. The van der Waals surface area contributed by atoms with E-state index in [1.54, 1.807) is 24.3 Å². The van der Waals surface area contributed by atoms with Crippen LogP contribution in [-0.4, -0.2) is 147 Å². The van der Waals surface area contributed by atoms with Crippen molar-refractivity contribution in [3.05, 3.63) is 108 Å². The lowest BCUT2D eigenvalue weighted by Gasteiger charge is -2.32. The van der Waals surface area contributed by atoms with Crippen LogP contribution in [-0.2, 0) is 29.1 Å². The monoisotopic (exact) mass is 1010 g/mol. The van der Waals surface area contributed by atoms with Gasteiger partial charge in [-0.3, -0.25) is 4.90 Å². The highest BCUT2D eigenvalue weighted by Gasteiger charge is 2.38. The van der Waals surface area contributed by atoms with Crippen molar-refractivity contribution < 1.29 is 40.9 Å². The maximum absolute atomic E-state index is 12.9. The molecule has 2 saturated heterocycles. The Kier molecular flexibility index (Phi) is 13.3. The molecule has 2 atom stereocenters. The maximum Gasteiger partial charge on any atom is 0.181 e. The van der Waals surface area contributed by atoms with Crippen molar-refractivity contribution in [1.82, 2.24) is 29.7 Å². The van der Waals surface area contributed by atoms with Gasteiger partial charge in [0.25, 0.3) is 0 Å². The van der Waals surface area contributed by atoms with Crippen LogP contribution in [0, 0.1) is 13.8 Å². The van der Waals surface area contributed by atoms with Gasteiger partial charge in [-0.05, 0) is 141 Å². The third-order valence-electron chi connectivity index (χ3n) is 14.1. The fraction of sp³-hybridized carbons (Fsp3) is 0.382. The van der Waals surface area contributed by atoms with Crippen molar-refractivity contribution in [2.45, 2.75) is 72.0 Å². The van der Waals surface area contributed by atoms with E-state index in [-0.39, 0.29) is 29.3 Å². The number of aliphatic hydroxyl groups is 1. The number of rotatable bonds is 14. The van der Waals surface area contributed by atoms with Crippen LogP contribution in [0.1, 0.15) is 36.8 Å². The van der Waals surface area contributed by atoms with Gasteiger partial charge in [0.05, 0.1) is 51.1 Å². The van der Waals surface area contributed by atoms with Crippen molar-refractivity contribution >= 4 is 63.5 Å². The Labute approximate surface area is 419 Å². The molecular formula is C55H60N6O9S2. The van der Waals surface area contributed by atoms with Crippen LogP contribution in [0.2, 0.25) is 0 Å². The third kappa shape index (κ3) is 9.83. The zero-order valence-corrected chi connectivity index (χ0v) is 42.4. The van der Waals surface area contributed by atoms with Gasteiger partial charge in [0.15, 0.2) is 19.7 Å². The third-order valence-corrected chi connectivity index (χ3v) is 18.6. The zero-order chi connectivity index (χ0) is 49.7. The average molecular weight is 1010 g/mol. The van der Waals surface area contributed by atoms with E-state index in [1.165, 1.54) is 0 Å². The normalized spacial score (nSPS) is 19.2. The van der Waals surface area contributed by atoms with Crippen molar-refractivity contribution in [1.29, 1.82) is 0 Å². The summed E-state index contributed by atoms with van der Waals surface area (Å²) in [6.07, 6.45) is 6.55. The number of fused-ring (bicyclic) bond motifs is 6. The Balaban J connectivity index is 0.000000156. The molecule has 0 radical (unpaired) electrons. The molecule has 17 heteroatoms. The summed E-state index contributed by atoms with van der Waals surface area (Å²) in [5, 5.41) is 12.7. The lowest BCUT2D eigenvalue weighted by molar-refractivity contribution is -0.0506. The van der Waals surface area contributed by atoms with Crippen LogP contribution >= 0.6 is 0 Å². The minimum absolute atomic E-state index is 0.0116. The number of ether oxygens (including phenoxy) is 4. The average Bonchev–Trinajstić information content (AvgIpc) is 4.34. The van der Waals surface area contributed by atoms with Crippen LogP contribution in [0.3, 0.4) is 0 Å². The SMILES string of the molecule is Cc1cnc2[nH]c3c(OCC4CN(C)CCO4)ccc(-c4cccc(S(=O)(=O)C5CC5)c4)c3c2c1.Cc1cnc2[nH]c3c(OCC4CN(CCO)CCO4)ccc(-c4cccc(S(=O)(=O)C5CC5)c4)c3c2c1. The number of aromatic amines is 2. The molecule has 6 heterocycles. The molecule has 0 bridgehead atoms. The highest BCUT2D eigenvalue weighted by molar-refractivity contribution is 7.92. The number of aromatic nitrogens is 4. The molecule has 4 aromatic heterocycles. The minimum atomic E-state index is -3.30. The molecule has 12 rings (SSSR count). The van der Waals surface area contributed by atoms with E-state index in [4.69, 9.17) is 18.9 Å². The number of hydrogen-bond donors (Lipinski definition) is 3. The number of nitrogens with one attached hydrogen (secondary N) is 2. The summed E-state index contributed by atoms with van der Waals surface area (Å²) >= 11 is 0. The minimum Gasteiger partial charge on any atom is -0.489 e. The molecule has 376 valence electrons. The van der Waals surface area contributed by atoms with Gasteiger partial charge in [-0.15, -0.1) is 0 Å². The van der Waals surface area contributed by atoms with Crippen LogP contribution in [0.5, 0.6) is 11.5 Å². The summed E-state index contributed by atoms with van der Waals surface area (Å²) < 4.78 is 76.0. The predicted molar refractivity (Wildman–Crippen MR) is 279 cm³/mol. The molecule has 2 aliphatic carbocycles. The van der Waals surface area contributed by atoms with Crippen LogP contribution in [0.4, 0.5) is 0 Å². The van der Waals surface area contributed by atoms with Crippen molar-refractivity contribution in [2.24, 2.45) is 0 Å². The predicted octanol–water partition coefficient (Wildman–Crippen LogP) is 8.04. The Morgan fingerprint density at radius 1 is 0.653 bits per heavy atom. The topological polar surface area (TPSA) is 189 Å². The molecule has 2 unspecified atom stereocenters. The number of pyridine rings is 2. The fourth-order valence-electron chi connectivity index (χ4n) is 10.0. The fourth-order valence-corrected chi connectivity index (χ4v) is 13.4. The van der Waals surface area contributed by atoms with E-state index in [9.17, 15) is 21.9 Å². The number of β-amino-alcohol motifs (C(OH)–C–C–N with tert-alkyl or cyclic N) is 1. The van der Waals surface area contributed by atoms with E-state index >= 15 is 0 Å². The van der Waals surface area contributed by atoms with Crippen LogP contribution in [0.25, 0.3) is 66.1 Å². The van der Waals surface area contributed by atoms with Gasteiger partial charge in [-0.25, -0.2) is 26.8 Å². The van der Waals surface area contributed by atoms with Gasteiger partial charge in [-0.2, -0.15) is 0 Å². The molecule has 0 spiro atoms. The van der Waals surface area contributed by atoms with Crippen LogP contribution in [0.15, 0.2) is 107 Å². The Hall–Kier alpha value is -5.92. The Morgan fingerprint density at radius 3 is 1.61 bits per heavy atom. The first-order valence-corrected chi connectivity index (χ1v) is 27.9. The Bertz CT molecular complexity index is 3550. The van der Waals surface area contributed by atoms with Crippen molar-refractivity contribution in [2.75, 3.05) is 72.8 Å². The molecule has 3 N–H and O–H groups in total. The largest absolute Gasteiger partial charge is 0.489 e. The zero-order valence-electron chi connectivity index (χ0n) is 40.8. The summed E-state index contributed by atoms with van der Waals surface area (Å²) in [6.45, 7) is 10.2. The molecule has 8 aromatic rings. The molecule has 72 heavy (non-hydrogen) atoms. The number of H-pyrrole nitrogens is 2. The molecule has 2 saturated carbocycles. The molecule has 4 aromatic carbocycles. The number of sulfone groups is 2. The first kappa shape index (κ1) is 48.4. The Morgan fingerprint density at radius 2 is 1.14 bits per heavy atom. The molecule has 4 fully saturated rings. The molecular weight excluding hydrogens is 953 g/mol. The summed E-state index contributed by atoms with van der Waals surface area (Å²) in [4.78, 5) is 21.3. The van der Waals surface area contributed by atoms with Gasteiger partial charge in [0, 0.05) is 66.7 Å². The number of aryl methyl sites for hydroxylation is 2. The van der Waals surface area contributed by atoms with Crippen molar-refractivity contribution in [3.63, 3.8) is 0 Å². The molecule has 2 aliphatic heterocycles. The number of aliphatic hydroxyl groups excluding tert-OH is 1. The second-order valence-electron chi connectivity index (χ2n) is 19.7. The summed E-state index contributed by atoms with van der Waals surface area (Å²) in [5.41, 5.74) is 8.89. The van der Waals surface area contributed by atoms with E-state index in [0.717, 1.165) is 128 Å². The summed E-state index contributed by atoms with van der Waals surface area (Å²) in [6, 6.07) is 26.6. The first-order valence-electron chi connectivity index (χ1n) is 24.9. The smallest absolute Gasteiger partial charge is 0.181 e. The first-order chi connectivity index (χ1) is 34.8. The highest BCUT2D eigenvalue weighted by Crippen LogP contribution is 2.43. The van der Waals surface area contributed by atoms with Gasteiger partial charge in [-0.1, -0.05) is 24.3 Å². The number of morpholine rings is 2. The van der Waals surface area contributed by atoms with E-state index in [1.807, 2.05) is 74.8 Å². The lowest BCUT2D eigenvalue weighted by atomic mass is 9.99. The highest BCUT2D eigenvalue weighted by atomic mass is 32.2. The standard InChI is InChI=1S/C28H31N3O5S.C27H29N3O4S/c1-18-13-24-26-23(19-3-2-4-22(14-19)37(33,34)21-5-6-21)7-8-25(27(26)30-28(24)29-15-18)36-17-20-16-31(9-11-32)10-12-35-20;1-17-12-23-25-22(18-4-3-5-21(13-18)35(31,32)20-6-7-20)8-9-24(26(25)29-27(23)28-14-17)34-16-19-15-30(2)10-11-33-19/h2-4,7-8,13-15,20-21,32H,5-6,9-12,16-17H2,1H3,(H,29,30);3-5,8-9,12-14,19-20H,6-7,10-11,15-16H2,1-2H3,(H,28,29).